The molecule has 0 radical (unpaired) electrons. The maximum absolute atomic E-state index is 12.5. The van der Waals surface area contributed by atoms with Gasteiger partial charge in [0, 0.05) is 30.0 Å². The van der Waals surface area contributed by atoms with Crippen molar-refractivity contribution in [2.45, 2.75) is 20.8 Å². The summed E-state index contributed by atoms with van der Waals surface area (Å²) in [6.07, 6.45) is 0. The molecule has 5 nitrogen and oxygen atoms in total. The number of aryl methyl sites for hydroxylation is 1. The highest BCUT2D eigenvalue weighted by Crippen LogP contribution is 2.28. The first-order valence-corrected chi connectivity index (χ1v) is 8.43. The molecule has 2 rings (SSSR count). The summed E-state index contributed by atoms with van der Waals surface area (Å²) in [6.45, 7) is 8.16. The molecule has 5 heteroatoms. The lowest BCUT2D eigenvalue weighted by atomic mass is 10.1. The van der Waals surface area contributed by atoms with Crippen molar-refractivity contribution in [1.82, 2.24) is 0 Å². The number of hydrogen-bond acceptors (Lipinski definition) is 4. The monoisotopic (exact) mass is 342 g/mol. The Bertz CT molecular complexity index is 740. The second-order valence-corrected chi connectivity index (χ2v) is 5.70. The first-order chi connectivity index (χ1) is 12.0. The molecule has 0 unspecified atom stereocenters. The first kappa shape index (κ1) is 18.6. The molecular weight excluding hydrogens is 316 g/mol. The maximum Gasteiger partial charge on any atom is 0.255 e. The highest BCUT2D eigenvalue weighted by Gasteiger charge is 2.12. The fraction of sp³-hybridized carbons (Fsp3) is 0.350. The largest absolute Gasteiger partial charge is 0.493 e. The van der Waals surface area contributed by atoms with Crippen LogP contribution in [-0.4, -0.2) is 33.2 Å². The highest BCUT2D eigenvalue weighted by atomic mass is 16.5. The Hall–Kier alpha value is -2.69. The summed E-state index contributed by atoms with van der Waals surface area (Å²) in [5, 5.41) is 2.96. The SMILES string of the molecule is CCN(CC)c1ccc(NC(=O)c2ccc(OC)c(OC)c2)c(C)c1. The molecule has 0 spiro atoms. The van der Waals surface area contributed by atoms with Crippen LogP contribution in [0.25, 0.3) is 0 Å². The van der Waals surface area contributed by atoms with E-state index in [1.165, 1.54) is 0 Å². The van der Waals surface area contributed by atoms with E-state index in [0.29, 0.717) is 17.1 Å². The number of benzene rings is 2. The average Bonchev–Trinajstić information content (AvgIpc) is 2.64. The van der Waals surface area contributed by atoms with Crippen molar-refractivity contribution in [2.75, 3.05) is 37.5 Å². The van der Waals surface area contributed by atoms with Crippen molar-refractivity contribution in [3.8, 4) is 11.5 Å². The molecule has 25 heavy (non-hydrogen) atoms. The van der Waals surface area contributed by atoms with E-state index < -0.39 is 0 Å². The Morgan fingerprint density at radius 3 is 2.24 bits per heavy atom. The predicted octanol–water partition coefficient (Wildman–Crippen LogP) is 4.11. The predicted molar refractivity (Wildman–Crippen MR) is 102 cm³/mol. The van der Waals surface area contributed by atoms with Gasteiger partial charge >= 0.3 is 0 Å². The number of anilines is 2. The minimum Gasteiger partial charge on any atom is -0.493 e. The lowest BCUT2D eigenvalue weighted by Gasteiger charge is -2.22. The van der Waals surface area contributed by atoms with Gasteiger partial charge in [-0.2, -0.15) is 0 Å². The van der Waals surface area contributed by atoms with Crippen LogP contribution in [0.4, 0.5) is 11.4 Å². The lowest BCUT2D eigenvalue weighted by molar-refractivity contribution is 0.102. The van der Waals surface area contributed by atoms with Gasteiger partial charge in [0.25, 0.3) is 5.91 Å². The van der Waals surface area contributed by atoms with Crippen LogP contribution in [0.3, 0.4) is 0 Å². The summed E-state index contributed by atoms with van der Waals surface area (Å²) in [6, 6.07) is 11.2. The molecule has 0 saturated carbocycles. The van der Waals surface area contributed by atoms with Crippen LogP contribution in [0.15, 0.2) is 36.4 Å². The van der Waals surface area contributed by atoms with Gasteiger partial charge in [0.2, 0.25) is 0 Å². The number of nitrogens with one attached hydrogen (secondary N) is 1. The minimum absolute atomic E-state index is 0.181. The van der Waals surface area contributed by atoms with Crippen molar-refractivity contribution in [3.63, 3.8) is 0 Å². The van der Waals surface area contributed by atoms with E-state index in [1.54, 1.807) is 32.4 Å². The van der Waals surface area contributed by atoms with Gasteiger partial charge in [-0.1, -0.05) is 0 Å². The number of hydrogen-bond donors (Lipinski definition) is 1. The zero-order chi connectivity index (χ0) is 18.4. The second-order valence-electron chi connectivity index (χ2n) is 5.70. The maximum atomic E-state index is 12.5. The van der Waals surface area contributed by atoms with Gasteiger partial charge in [-0.05, 0) is 62.7 Å². The van der Waals surface area contributed by atoms with E-state index in [9.17, 15) is 4.79 Å². The summed E-state index contributed by atoms with van der Waals surface area (Å²) >= 11 is 0. The molecule has 1 amide bonds. The van der Waals surface area contributed by atoms with Gasteiger partial charge in [0.15, 0.2) is 11.5 Å². The third-order valence-electron chi connectivity index (χ3n) is 4.23. The quantitative estimate of drug-likeness (QED) is 0.823. The van der Waals surface area contributed by atoms with Crippen molar-refractivity contribution in [1.29, 1.82) is 0 Å². The molecule has 134 valence electrons. The molecule has 0 saturated heterocycles. The van der Waals surface area contributed by atoms with Gasteiger partial charge < -0.3 is 19.7 Å². The molecule has 0 heterocycles. The fourth-order valence-electron chi connectivity index (χ4n) is 2.75. The molecule has 0 aliphatic heterocycles. The van der Waals surface area contributed by atoms with Gasteiger partial charge in [-0.15, -0.1) is 0 Å². The fourth-order valence-corrected chi connectivity index (χ4v) is 2.75. The van der Waals surface area contributed by atoms with Crippen LogP contribution < -0.4 is 19.7 Å². The van der Waals surface area contributed by atoms with Crippen molar-refractivity contribution >= 4 is 17.3 Å². The van der Waals surface area contributed by atoms with Gasteiger partial charge in [0.05, 0.1) is 14.2 Å². The summed E-state index contributed by atoms with van der Waals surface area (Å²) in [5.74, 6) is 0.946. The van der Waals surface area contributed by atoms with Crippen LogP contribution in [0.1, 0.15) is 29.8 Å². The lowest BCUT2D eigenvalue weighted by Crippen LogP contribution is -2.22. The highest BCUT2D eigenvalue weighted by molar-refractivity contribution is 6.05. The summed E-state index contributed by atoms with van der Waals surface area (Å²) in [5.41, 5.74) is 3.51. The number of carbonyl (C=O) groups excluding carboxylic acids is 1. The molecule has 0 aliphatic rings. The van der Waals surface area contributed by atoms with Crippen LogP contribution in [0, 0.1) is 6.92 Å². The third kappa shape index (κ3) is 4.24. The number of methoxy groups -OCH3 is 2. The third-order valence-corrected chi connectivity index (χ3v) is 4.23. The topological polar surface area (TPSA) is 50.8 Å². The molecule has 2 aromatic carbocycles. The Balaban J connectivity index is 2.20. The first-order valence-electron chi connectivity index (χ1n) is 8.43. The van der Waals surface area contributed by atoms with E-state index in [0.717, 1.165) is 30.0 Å². The molecule has 0 aromatic heterocycles. The Morgan fingerprint density at radius 2 is 1.68 bits per heavy atom. The zero-order valence-corrected chi connectivity index (χ0v) is 15.6. The van der Waals surface area contributed by atoms with E-state index in [1.807, 2.05) is 19.1 Å². The van der Waals surface area contributed by atoms with Gasteiger partial charge in [-0.3, -0.25) is 4.79 Å². The van der Waals surface area contributed by atoms with Crippen molar-refractivity contribution in [2.24, 2.45) is 0 Å². The minimum atomic E-state index is -0.181. The summed E-state index contributed by atoms with van der Waals surface area (Å²) in [7, 11) is 3.12. The zero-order valence-electron chi connectivity index (χ0n) is 15.6. The number of carbonyl (C=O) groups is 1. The molecule has 1 N–H and O–H groups in total. The number of ether oxygens (including phenoxy) is 2. The van der Waals surface area contributed by atoms with Crippen molar-refractivity contribution < 1.29 is 14.3 Å². The molecule has 0 bridgehead atoms. The van der Waals surface area contributed by atoms with Crippen molar-refractivity contribution in [3.05, 3.63) is 47.5 Å². The number of rotatable bonds is 7. The van der Waals surface area contributed by atoms with Crippen LogP contribution >= 0.6 is 0 Å². The Morgan fingerprint density at radius 1 is 1.00 bits per heavy atom. The molecule has 0 atom stereocenters. The Labute approximate surface area is 149 Å². The Kier molecular flexibility index (Phi) is 6.28. The van der Waals surface area contributed by atoms with Gasteiger partial charge in [0.1, 0.15) is 0 Å². The van der Waals surface area contributed by atoms with Crippen LogP contribution in [0.5, 0.6) is 11.5 Å². The summed E-state index contributed by atoms with van der Waals surface area (Å²) in [4.78, 5) is 14.8. The van der Waals surface area contributed by atoms with E-state index in [2.05, 4.69) is 30.1 Å². The summed E-state index contributed by atoms with van der Waals surface area (Å²) < 4.78 is 10.5. The standard InChI is InChI=1S/C20H26N2O3/c1-6-22(7-2)16-9-10-17(14(3)12-16)21-20(23)15-8-11-18(24-4)19(13-15)25-5/h8-13H,6-7H2,1-5H3,(H,21,23). The van der Waals surface area contributed by atoms with E-state index in [-0.39, 0.29) is 5.91 Å². The molecule has 2 aromatic rings. The smallest absolute Gasteiger partial charge is 0.255 e. The molecule has 0 fully saturated rings. The van der Waals surface area contributed by atoms with E-state index >= 15 is 0 Å². The number of amides is 1. The van der Waals surface area contributed by atoms with Crippen LogP contribution in [-0.2, 0) is 0 Å². The van der Waals surface area contributed by atoms with E-state index in [4.69, 9.17) is 9.47 Å². The molecule has 0 aliphatic carbocycles. The average molecular weight is 342 g/mol. The second kappa shape index (κ2) is 8.42. The normalized spacial score (nSPS) is 10.3. The van der Waals surface area contributed by atoms with Crippen LogP contribution in [0.2, 0.25) is 0 Å². The molecular formula is C20H26N2O3. The van der Waals surface area contributed by atoms with Gasteiger partial charge in [-0.25, -0.2) is 0 Å². The number of nitrogens with zero attached hydrogens (tertiary/aromatic N) is 1.